The van der Waals surface area contributed by atoms with Crippen LogP contribution in [-0.2, 0) is 14.4 Å². The van der Waals surface area contributed by atoms with Gasteiger partial charge in [-0.25, -0.2) is 0 Å². The van der Waals surface area contributed by atoms with Crippen LogP contribution in [0.4, 0.5) is 0 Å². The van der Waals surface area contributed by atoms with Gasteiger partial charge in [-0.15, -0.1) is 0 Å². The molecule has 2 amide bonds. The van der Waals surface area contributed by atoms with Gasteiger partial charge in [0.2, 0.25) is 11.8 Å². The average molecular weight is 284 g/mol. The first-order chi connectivity index (χ1) is 9.41. The molecule has 2 unspecified atom stereocenters. The first-order valence-electron chi connectivity index (χ1n) is 7.21. The number of amides is 2. The van der Waals surface area contributed by atoms with Crippen molar-refractivity contribution in [1.82, 2.24) is 10.2 Å². The van der Waals surface area contributed by atoms with Crippen LogP contribution in [0.3, 0.4) is 0 Å². The Morgan fingerprint density at radius 3 is 2.40 bits per heavy atom. The van der Waals surface area contributed by atoms with E-state index in [1.165, 1.54) is 4.90 Å². The number of nitrogens with zero attached hydrogens (tertiary/aromatic N) is 1. The van der Waals surface area contributed by atoms with Crippen molar-refractivity contribution in [3.63, 3.8) is 0 Å². The Morgan fingerprint density at radius 1 is 1.25 bits per heavy atom. The van der Waals surface area contributed by atoms with Gasteiger partial charge in [-0.05, 0) is 19.8 Å². The average Bonchev–Trinajstić information content (AvgIpc) is 2.70. The number of hydrogen-bond donors (Lipinski definition) is 2. The molecule has 114 valence electrons. The highest BCUT2D eigenvalue weighted by Crippen LogP contribution is 2.11. The molecule has 6 heteroatoms. The first-order valence-corrected chi connectivity index (χ1v) is 7.21. The van der Waals surface area contributed by atoms with Crippen LogP contribution in [0, 0.1) is 5.92 Å². The molecule has 1 rings (SSSR count). The van der Waals surface area contributed by atoms with Crippen LogP contribution in [0.15, 0.2) is 0 Å². The summed E-state index contributed by atoms with van der Waals surface area (Å²) in [4.78, 5) is 34.8. The fourth-order valence-corrected chi connectivity index (χ4v) is 2.25. The molecule has 0 saturated carbocycles. The van der Waals surface area contributed by atoms with Crippen LogP contribution in [0.2, 0.25) is 0 Å². The summed E-state index contributed by atoms with van der Waals surface area (Å²) in [6.07, 6.45) is 3.08. The van der Waals surface area contributed by atoms with Crippen molar-refractivity contribution in [3.8, 4) is 0 Å². The van der Waals surface area contributed by atoms with Crippen molar-refractivity contribution >= 4 is 17.8 Å². The lowest BCUT2D eigenvalue weighted by atomic mass is 10.0. The number of carbonyl (C=O) groups is 3. The highest BCUT2D eigenvalue weighted by Gasteiger charge is 2.28. The van der Waals surface area contributed by atoms with Gasteiger partial charge in [-0.1, -0.05) is 13.3 Å². The zero-order valence-corrected chi connectivity index (χ0v) is 12.2. The summed E-state index contributed by atoms with van der Waals surface area (Å²) in [5, 5.41) is 12.0. The van der Waals surface area contributed by atoms with Gasteiger partial charge < -0.3 is 10.4 Å². The molecule has 1 aliphatic rings. The topological polar surface area (TPSA) is 86.7 Å². The number of carboxylic acid groups (broad SMARTS) is 1. The minimum atomic E-state index is -0.753. The SMILES string of the molecule is CC(CCCC(C)C(=O)O)NCCN1C(=O)CCC1=O. The molecule has 0 aromatic rings. The molecule has 6 nitrogen and oxygen atoms in total. The third-order valence-electron chi connectivity index (χ3n) is 3.68. The van der Waals surface area contributed by atoms with E-state index in [-0.39, 0.29) is 23.8 Å². The van der Waals surface area contributed by atoms with Gasteiger partial charge in [0.15, 0.2) is 0 Å². The summed E-state index contributed by atoms with van der Waals surface area (Å²) in [5.74, 6) is -1.22. The van der Waals surface area contributed by atoms with E-state index in [1.807, 2.05) is 6.92 Å². The van der Waals surface area contributed by atoms with Gasteiger partial charge in [-0.3, -0.25) is 19.3 Å². The predicted octanol–water partition coefficient (Wildman–Crippen LogP) is 1.00. The molecule has 2 atom stereocenters. The maximum atomic E-state index is 11.4. The smallest absolute Gasteiger partial charge is 0.306 e. The van der Waals surface area contributed by atoms with Gasteiger partial charge in [-0.2, -0.15) is 0 Å². The molecule has 20 heavy (non-hydrogen) atoms. The first kappa shape index (κ1) is 16.6. The van der Waals surface area contributed by atoms with E-state index < -0.39 is 5.97 Å². The van der Waals surface area contributed by atoms with Gasteiger partial charge in [0, 0.05) is 32.0 Å². The Morgan fingerprint density at radius 2 is 1.85 bits per heavy atom. The van der Waals surface area contributed by atoms with Gasteiger partial charge in [0.1, 0.15) is 0 Å². The second kappa shape index (κ2) is 7.99. The number of nitrogens with one attached hydrogen (secondary N) is 1. The number of carboxylic acids is 1. The van der Waals surface area contributed by atoms with E-state index in [1.54, 1.807) is 6.92 Å². The summed E-state index contributed by atoms with van der Waals surface area (Å²) < 4.78 is 0. The zero-order valence-electron chi connectivity index (χ0n) is 12.2. The molecule has 1 aliphatic heterocycles. The lowest BCUT2D eigenvalue weighted by molar-refractivity contribution is -0.141. The van der Waals surface area contributed by atoms with Crippen LogP contribution in [-0.4, -0.2) is 46.9 Å². The molecule has 0 radical (unpaired) electrons. The van der Waals surface area contributed by atoms with Gasteiger partial charge in [0.05, 0.1) is 5.92 Å². The maximum Gasteiger partial charge on any atom is 0.306 e. The molecular weight excluding hydrogens is 260 g/mol. The summed E-state index contributed by atoms with van der Waals surface area (Å²) in [5.41, 5.74) is 0. The van der Waals surface area contributed by atoms with E-state index >= 15 is 0 Å². The Hall–Kier alpha value is -1.43. The largest absolute Gasteiger partial charge is 0.481 e. The highest BCUT2D eigenvalue weighted by molar-refractivity contribution is 6.01. The third-order valence-corrected chi connectivity index (χ3v) is 3.68. The normalized spacial score (nSPS) is 18.4. The van der Waals surface area contributed by atoms with Gasteiger partial charge in [0.25, 0.3) is 0 Å². The van der Waals surface area contributed by atoms with Crippen LogP contribution in [0.1, 0.15) is 46.0 Å². The van der Waals surface area contributed by atoms with E-state index in [4.69, 9.17) is 5.11 Å². The van der Waals surface area contributed by atoms with Crippen molar-refractivity contribution < 1.29 is 19.5 Å². The van der Waals surface area contributed by atoms with Crippen LogP contribution in [0.5, 0.6) is 0 Å². The van der Waals surface area contributed by atoms with Crippen LogP contribution in [0.25, 0.3) is 0 Å². The summed E-state index contributed by atoms with van der Waals surface area (Å²) in [6, 6.07) is 0.254. The Labute approximate surface area is 119 Å². The minimum Gasteiger partial charge on any atom is -0.481 e. The summed E-state index contributed by atoms with van der Waals surface area (Å²) in [7, 11) is 0. The number of imide groups is 1. The number of hydrogen-bond acceptors (Lipinski definition) is 4. The number of carbonyl (C=O) groups excluding carboxylic acids is 2. The molecule has 0 aromatic heterocycles. The van der Waals surface area contributed by atoms with Gasteiger partial charge >= 0.3 is 5.97 Å². The molecule has 1 fully saturated rings. The standard InChI is InChI=1S/C14H24N2O4/c1-10(14(19)20)4-3-5-11(2)15-8-9-16-12(17)6-7-13(16)18/h10-11,15H,3-9H2,1-2H3,(H,19,20). The Kier molecular flexibility index (Phi) is 6.64. The summed E-state index contributed by atoms with van der Waals surface area (Å²) in [6.45, 7) is 4.75. The fraction of sp³-hybridized carbons (Fsp3) is 0.786. The van der Waals surface area contributed by atoms with Crippen molar-refractivity contribution in [1.29, 1.82) is 0 Å². The Bertz CT molecular complexity index is 354. The molecule has 0 aliphatic carbocycles. The van der Waals surface area contributed by atoms with E-state index in [0.717, 1.165) is 12.8 Å². The molecule has 2 N–H and O–H groups in total. The molecular formula is C14H24N2O4. The van der Waals surface area contributed by atoms with Crippen molar-refractivity contribution in [2.24, 2.45) is 5.92 Å². The second-order valence-electron chi connectivity index (χ2n) is 5.46. The number of aliphatic carboxylic acids is 1. The molecule has 1 heterocycles. The molecule has 0 aromatic carbocycles. The number of rotatable bonds is 9. The maximum absolute atomic E-state index is 11.4. The molecule has 0 bridgehead atoms. The van der Waals surface area contributed by atoms with Crippen molar-refractivity contribution in [2.45, 2.75) is 52.0 Å². The predicted molar refractivity (Wildman–Crippen MR) is 74.1 cm³/mol. The van der Waals surface area contributed by atoms with Crippen molar-refractivity contribution in [2.75, 3.05) is 13.1 Å². The molecule has 1 saturated heterocycles. The Balaban J connectivity index is 2.11. The lowest BCUT2D eigenvalue weighted by Gasteiger charge is -2.18. The quantitative estimate of drug-likeness (QED) is 0.617. The number of likely N-dealkylation sites (tertiary alicyclic amines) is 1. The van der Waals surface area contributed by atoms with Crippen LogP contribution >= 0.6 is 0 Å². The van der Waals surface area contributed by atoms with E-state index in [9.17, 15) is 14.4 Å². The minimum absolute atomic E-state index is 0.0836. The monoisotopic (exact) mass is 284 g/mol. The van der Waals surface area contributed by atoms with Crippen LogP contribution < -0.4 is 5.32 Å². The molecule has 0 spiro atoms. The van der Waals surface area contributed by atoms with E-state index in [0.29, 0.717) is 32.4 Å². The summed E-state index contributed by atoms with van der Waals surface area (Å²) >= 11 is 0. The lowest BCUT2D eigenvalue weighted by Crippen LogP contribution is -2.38. The van der Waals surface area contributed by atoms with E-state index in [2.05, 4.69) is 5.32 Å². The zero-order chi connectivity index (χ0) is 15.1. The highest BCUT2D eigenvalue weighted by atomic mass is 16.4. The second-order valence-corrected chi connectivity index (χ2v) is 5.46. The fourth-order valence-electron chi connectivity index (χ4n) is 2.25. The van der Waals surface area contributed by atoms with Crippen molar-refractivity contribution in [3.05, 3.63) is 0 Å². The third kappa shape index (κ3) is 5.28.